The molecule has 2 rings (SSSR count). The highest BCUT2D eigenvalue weighted by Crippen LogP contribution is 2.31. The third kappa shape index (κ3) is 2.68. The number of carboxylic acids is 1. The Bertz CT molecular complexity index is 610. The van der Waals surface area contributed by atoms with Gasteiger partial charge >= 0.3 is 5.97 Å². The molecule has 1 N–H and O–H groups in total. The summed E-state index contributed by atoms with van der Waals surface area (Å²) in [4.78, 5) is 19.7. The highest BCUT2D eigenvalue weighted by Gasteiger charge is 2.18. The molecule has 0 aliphatic heterocycles. The fourth-order valence-electron chi connectivity index (χ4n) is 1.54. The predicted molar refractivity (Wildman–Crippen MR) is 69.4 cm³/mol. The van der Waals surface area contributed by atoms with Crippen LogP contribution in [0.2, 0.25) is 0 Å². The van der Waals surface area contributed by atoms with Crippen LogP contribution in [0.25, 0.3) is 0 Å². The smallest absolute Gasteiger partial charge is 0.338 e. The van der Waals surface area contributed by atoms with E-state index >= 15 is 0 Å². The molecule has 18 heavy (non-hydrogen) atoms. The lowest BCUT2D eigenvalue weighted by Gasteiger charge is -2.07. The number of aromatic nitrogens is 3. The Kier molecular flexibility index (Phi) is 3.63. The molecule has 0 saturated carbocycles. The number of nitrogens with zero attached hydrogens (tertiary/aromatic N) is 3. The van der Waals surface area contributed by atoms with Crippen LogP contribution < -0.4 is 0 Å². The quantitative estimate of drug-likeness (QED) is 0.932. The molecule has 94 valence electrons. The standard InChI is InChI=1S/C11H11N3O2S2/c1-5-4-6(2)12-9(8(5)10(15)16)17-11-13-7(3)14-18-11/h4H,1-3H3,(H,15,16). The number of hydrogen-bond donors (Lipinski definition) is 1. The molecule has 5 nitrogen and oxygen atoms in total. The van der Waals surface area contributed by atoms with Crippen molar-refractivity contribution in [3.8, 4) is 0 Å². The number of aryl methyl sites for hydroxylation is 3. The first-order valence-corrected chi connectivity index (χ1v) is 6.76. The van der Waals surface area contributed by atoms with Crippen LogP contribution in [0.4, 0.5) is 0 Å². The van der Waals surface area contributed by atoms with E-state index in [4.69, 9.17) is 0 Å². The molecule has 0 saturated heterocycles. The lowest BCUT2D eigenvalue weighted by molar-refractivity contribution is 0.0691. The molecule has 2 aromatic heterocycles. The maximum Gasteiger partial charge on any atom is 0.338 e. The summed E-state index contributed by atoms with van der Waals surface area (Å²) in [6, 6.07) is 1.76. The Morgan fingerprint density at radius 3 is 2.61 bits per heavy atom. The highest BCUT2D eigenvalue weighted by molar-refractivity contribution is 8.01. The lowest BCUT2D eigenvalue weighted by Crippen LogP contribution is -2.05. The average molecular weight is 281 g/mol. The Labute approximate surface area is 112 Å². The SMILES string of the molecule is Cc1cc(C)c(C(=O)O)c(Sc2nc(C)ns2)n1. The van der Waals surface area contributed by atoms with Crippen molar-refractivity contribution in [2.45, 2.75) is 30.1 Å². The summed E-state index contributed by atoms with van der Waals surface area (Å²) in [6.45, 7) is 5.41. The zero-order valence-corrected chi connectivity index (χ0v) is 11.7. The minimum atomic E-state index is -0.969. The van der Waals surface area contributed by atoms with E-state index in [0.29, 0.717) is 20.8 Å². The second kappa shape index (κ2) is 5.03. The third-order valence-electron chi connectivity index (χ3n) is 2.22. The van der Waals surface area contributed by atoms with Crippen molar-refractivity contribution in [3.63, 3.8) is 0 Å². The molecular formula is C11H11N3O2S2. The van der Waals surface area contributed by atoms with Crippen LogP contribution >= 0.6 is 23.3 Å². The van der Waals surface area contributed by atoms with Crippen molar-refractivity contribution >= 4 is 29.3 Å². The van der Waals surface area contributed by atoms with Gasteiger partial charge in [0, 0.05) is 5.69 Å². The maximum absolute atomic E-state index is 11.3. The van der Waals surface area contributed by atoms with Crippen LogP contribution in [-0.2, 0) is 0 Å². The zero-order chi connectivity index (χ0) is 13.3. The number of carbonyl (C=O) groups is 1. The van der Waals surface area contributed by atoms with Gasteiger partial charge < -0.3 is 5.11 Å². The average Bonchev–Trinajstić information content (AvgIpc) is 2.62. The van der Waals surface area contributed by atoms with E-state index in [2.05, 4.69) is 14.3 Å². The molecule has 0 fully saturated rings. The Morgan fingerprint density at radius 1 is 1.33 bits per heavy atom. The van der Waals surface area contributed by atoms with Gasteiger partial charge in [-0.2, -0.15) is 4.37 Å². The Balaban J connectivity index is 2.45. The molecule has 2 heterocycles. The maximum atomic E-state index is 11.3. The van der Waals surface area contributed by atoms with Crippen molar-refractivity contribution < 1.29 is 9.90 Å². The summed E-state index contributed by atoms with van der Waals surface area (Å²) in [5, 5.41) is 9.70. The summed E-state index contributed by atoms with van der Waals surface area (Å²) in [5.41, 5.74) is 1.73. The Morgan fingerprint density at radius 2 is 2.06 bits per heavy atom. The summed E-state index contributed by atoms with van der Waals surface area (Å²) < 4.78 is 4.77. The van der Waals surface area contributed by atoms with Crippen LogP contribution in [-0.4, -0.2) is 25.4 Å². The largest absolute Gasteiger partial charge is 0.478 e. The molecule has 0 aliphatic carbocycles. The van der Waals surface area contributed by atoms with Crippen molar-refractivity contribution in [1.82, 2.24) is 14.3 Å². The monoisotopic (exact) mass is 281 g/mol. The van der Waals surface area contributed by atoms with E-state index in [1.54, 1.807) is 19.9 Å². The molecular weight excluding hydrogens is 270 g/mol. The van der Waals surface area contributed by atoms with E-state index in [0.717, 1.165) is 5.69 Å². The predicted octanol–water partition coefficient (Wildman–Crippen LogP) is 2.71. The topological polar surface area (TPSA) is 76.0 Å². The summed E-state index contributed by atoms with van der Waals surface area (Å²) >= 11 is 2.49. The van der Waals surface area contributed by atoms with Crippen molar-refractivity contribution in [1.29, 1.82) is 0 Å². The molecule has 2 aromatic rings. The highest BCUT2D eigenvalue weighted by atomic mass is 32.2. The molecule has 0 radical (unpaired) electrons. The first-order valence-electron chi connectivity index (χ1n) is 5.17. The second-order valence-electron chi connectivity index (χ2n) is 3.78. The minimum absolute atomic E-state index is 0.235. The van der Waals surface area contributed by atoms with Gasteiger partial charge in [-0.25, -0.2) is 14.8 Å². The normalized spacial score (nSPS) is 10.6. The van der Waals surface area contributed by atoms with Crippen molar-refractivity contribution in [2.24, 2.45) is 0 Å². The number of carboxylic acid groups (broad SMARTS) is 1. The second-order valence-corrected chi connectivity index (χ2v) is 5.76. The van der Waals surface area contributed by atoms with Crippen molar-refractivity contribution in [3.05, 3.63) is 28.7 Å². The van der Waals surface area contributed by atoms with Gasteiger partial charge in [0.1, 0.15) is 10.9 Å². The number of rotatable bonds is 3. The summed E-state index contributed by atoms with van der Waals surface area (Å²) in [5.74, 6) is -0.285. The van der Waals surface area contributed by atoms with Crippen LogP contribution in [0.3, 0.4) is 0 Å². The van der Waals surface area contributed by atoms with Gasteiger partial charge in [-0.05, 0) is 55.7 Å². The summed E-state index contributed by atoms with van der Waals surface area (Å²) in [7, 11) is 0. The number of aromatic carboxylic acids is 1. The fraction of sp³-hybridized carbons (Fsp3) is 0.273. The van der Waals surface area contributed by atoms with Gasteiger partial charge in [-0.1, -0.05) is 0 Å². The van der Waals surface area contributed by atoms with Gasteiger partial charge in [0.25, 0.3) is 0 Å². The first-order chi connectivity index (χ1) is 8.47. The van der Waals surface area contributed by atoms with Crippen LogP contribution in [0, 0.1) is 20.8 Å². The molecule has 0 unspecified atom stereocenters. The van der Waals surface area contributed by atoms with Gasteiger partial charge in [-0.3, -0.25) is 0 Å². The van der Waals surface area contributed by atoms with E-state index in [1.165, 1.54) is 23.3 Å². The van der Waals surface area contributed by atoms with Gasteiger partial charge in [0.2, 0.25) is 0 Å². The van der Waals surface area contributed by atoms with E-state index < -0.39 is 5.97 Å². The van der Waals surface area contributed by atoms with E-state index in [1.807, 2.05) is 6.92 Å². The minimum Gasteiger partial charge on any atom is -0.478 e. The lowest BCUT2D eigenvalue weighted by atomic mass is 10.1. The number of pyridine rings is 1. The molecule has 0 atom stereocenters. The molecule has 0 amide bonds. The molecule has 0 aliphatic rings. The number of hydrogen-bond acceptors (Lipinski definition) is 6. The zero-order valence-electron chi connectivity index (χ0n) is 10.1. The first kappa shape index (κ1) is 13.0. The fourth-order valence-corrected chi connectivity index (χ4v) is 3.34. The van der Waals surface area contributed by atoms with Crippen LogP contribution in [0.1, 0.15) is 27.4 Å². The Hall–Kier alpha value is -1.47. The third-order valence-corrected chi connectivity index (χ3v) is 4.05. The van der Waals surface area contributed by atoms with Crippen LogP contribution in [0.5, 0.6) is 0 Å². The van der Waals surface area contributed by atoms with Crippen molar-refractivity contribution in [2.75, 3.05) is 0 Å². The van der Waals surface area contributed by atoms with Gasteiger partial charge in [-0.15, -0.1) is 0 Å². The van der Waals surface area contributed by atoms with Gasteiger partial charge in [0.15, 0.2) is 4.34 Å². The molecule has 0 bridgehead atoms. The molecule has 0 spiro atoms. The van der Waals surface area contributed by atoms with Crippen LogP contribution in [0.15, 0.2) is 15.4 Å². The van der Waals surface area contributed by atoms with E-state index in [9.17, 15) is 9.90 Å². The molecule has 7 heteroatoms. The molecule has 0 aromatic carbocycles. The van der Waals surface area contributed by atoms with Gasteiger partial charge in [0.05, 0.1) is 5.56 Å². The summed E-state index contributed by atoms with van der Waals surface area (Å²) in [6.07, 6.45) is 0. The van der Waals surface area contributed by atoms with E-state index in [-0.39, 0.29) is 5.56 Å².